The molecule has 198 valence electrons. The first kappa shape index (κ1) is 26.8. The van der Waals surface area contributed by atoms with Gasteiger partial charge < -0.3 is 14.8 Å². The minimum absolute atomic E-state index is 0.138. The van der Waals surface area contributed by atoms with Crippen molar-refractivity contribution >= 4 is 33.0 Å². The van der Waals surface area contributed by atoms with Crippen LogP contribution in [0.5, 0.6) is 0 Å². The standard InChI is InChI=1S/C27H33N3O6S/c1-16-6-8-18(9-7-16)23-22(24(31)28-4)20-14-19(17-10-11-17)21(30-25(20)36-23)15-37(34,35)29-13-5-12-27(2,3)26(32)33/h6-9,14,17,29H,5,10-13,15H2,1-4H3,(H,28,31)(H,32,33). The number of carbonyl (C=O) groups is 2. The number of amides is 1. The monoisotopic (exact) mass is 527 g/mol. The molecule has 1 saturated carbocycles. The number of furan rings is 1. The van der Waals surface area contributed by atoms with E-state index in [2.05, 4.69) is 15.0 Å². The van der Waals surface area contributed by atoms with Crippen molar-refractivity contribution < 1.29 is 27.5 Å². The van der Waals surface area contributed by atoms with Crippen molar-refractivity contribution in [2.24, 2.45) is 5.41 Å². The Morgan fingerprint density at radius 1 is 1.19 bits per heavy atom. The number of carbonyl (C=O) groups excluding carboxylic acids is 1. The molecule has 0 atom stereocenters. The van der Waals surface area contributed by atoms with E-state index in [1.165, 1.54) is 0 Å². The summed E-state index contributed by atoms with van der Waals surface area (Å²) < 4.78 is 34.5. The third-order valence-electron chi connectivity index (χ3n) is 6.79. The van der Waals surface area contributed by atoms with Gasteiger partial charge in [0, 0.05) is 19.2 Å². The van der Waals surface area contributed by atoms with Crippen molar-refractivity contribution in [1.82, 2.24) is 15.0 Å². The molecule has 0 bridgehead atoms. The lowest BCUT2D eigenvalue weighted by Gasteiger charge is -2.18. The first-order valence-corrected chi connectivity index (χ1v) is 14.0. The van der Waals surface area contributed by atoms with Gasteiger partial charge in [0.25, 0.3) is 5.91 Å². The van der Waals surface area contributed by atoms with Crippen LogP contribution in [0.3, 0.4) is 0 Å². The van der Waals surface area contributed by atoms with E-state index in [0.717, 1.165) is 29.5 Å². The van der Waals surface area contributed by atoms with Crippen molar-refractivity contribution in [2.75, 3.05) is 13.6 Å². The smallest absolute Gasteiger partial charge is 0.309 e. The third kappa shape index (κ3) is 6.02. The molecule has 9 nitrogen and oxygen atoms in total. The summed E-state index contributed by atoms with van der Waals surface area (Å²) in [6.07, 6.45) is 2.60. The molecule has 1 amide bonds. The van der Waals surface area contributed by atoms with Crippen LogP contribution in [0.4, 0.5) is 0 Å². The number of nitrogens with one attached hydrogen (secondary N) is 2. The van der Waals surface area contributed by atoms with Gasteiger partial charge in [-0.05, 0) is 64.0 Å². The van der Waals surface area contributed by atoms with Gasteiger partial charge >= 0.3 is 5.97 Å². The first-order valence-electron chi connectivity index (χ1n) is 12.4. The lowest BCUT2D eigenvalue weighted by molar-refractivity contribution is -0.147. The Balaban J connectivity index is 1.65. The van der Waals surface area contributed by atoms with Crippen LogP contribution in [-0.4, -0.2) is 44.0 Å². The molecule has 4 rings (SSSR count). The van der Waals surface area contributed by atoms with Gasteiger partial charge in [-0.1, -0.05) is 29.8 Å². The Morgan fingerprint density at radius 3 is 2.46 bits per heavy atom. The Hall–Kier alpha value is -3.24. The van der Waals surface area contributed by atoms with Crippen molar-refractivity contribution in [3.8, 4) is 11.3 Å². The second-order valence-electron chi connectivity index (χ2n) is 10.3. The molecule has 1 aliphatic carbocycles. The van der Waals surface area contributed by atoms with E-state index in [9.17, 15) is 23.1 Å². The number of hydrogen-bond acceptors (Lipinski definition) is 6. The maximum Gasteiger partial charge on any atom is 0.309 e. The highest BCUT2D eigenvalue weighted by Gasteiger charge is 2.32. The first-order chi connectivity index (χ1) is 17.4. The summed E-state index contributed by atoms with van der Waals surface area (Å²) in [5.74, 6) is -0.963. The Labute approximate surface area is 216 Å². The maximum atomic E-state index is 12.9. The Kier molecular flexibility index (Phi) is 7.43. The van der Waals surface area contributed by atoms with Crippen LogP contribution in [0, 0.1) is 12.3 Å². The molecule has 3 aromatic rings. The van der Waals surface area contributed by atoms with Crippen molar-refractivity contribution in [2.45, 2.75) is 58.1 Å². The van der Waals surface area contributed by atoms with E-state index in [1.54, 1.807) is 20.9 Å². The fourth-order valence-corrected chi connectivity index (χ4v) is 5.44. The van der Waals surface area contributed by atoms with Crippen LogP contribution in [0.25, 0.3) is 22.4 Å². The number of fused-ring (bicyclic) bond motifs is 1. The third-order valence-corrected chi connectivity index (χ3v) is 8.08. The Morgan fingerprint density at radius 2 is 1.86 bits per heavy atom. The number of benzene rings is 1. The van der Waals surface area contributed by atoms with Crippen LogP contribution >= 0.6 is 0 Å². The number of sulfonamides is 1. The molecule has 0 spiro atoms. The van der Waals surface area contributed by atoms with Crippen molar-refractivity contribution in [3.63, 3.8) is 0 Å². The minimum Gasteiger partial charge on any atom is -0.481 e. The predicted octanol–water partition coefficient (Wildman–Crippen LogP) is 4.35. The molecule has 0 aliphatic heterocycles. The van der Waals surface area contributed by atoms with Gasteiger partial charge in [-0.2, -0.15) is 0 Å². The van der Waals surface area contributed by atoms with Crippen LogP contribution in [0.1, 0.15) is 72.6 Å². The lowest BCUT2D eigenvalue weighted by Crippen LogP contribution is -2.29. The molecule has 37 heavy (non-hydrogen) atoms. The summed E-state index contributed by atoms with van der Waals surface area (Å²) in [6, 6.07) is 9.47. The number of aromatic nitrogens is 1. The van der Waals surface area contributed by atoms with Gasteiger partial charge in [0.05, 0.1) is 22.1 Å². The molecule has 0 radical (unpaired) electrons. The molecule has 0 unspecified atom stereocenters. The fraction of sp³-hybridized carbons (Fsp3) is 0.444. The molecular weight excluding hydrogens is 494 g/mol. The number of pyridine rings is 1. The fourth-order valence-electron chi connectivity index (χ4n) is 4.29. The zero-order chi connectivity index (χ0) is 27.0. The summed E-state index contributed by atoms with van der Waals surface area (Å²) in [4.78, 5) is 28.8. The van der Waals surface area contributed by atoms with E-state index >= 15 is 0 Å². The summed E-state index contributed by atoms with van der Waals surface area (Å²) in [5.41, 5.74) is 2.69. The van der Waals surface area contributed by atoms with E-state index in [1.807, 2.05) is 37.3 Å². The summed E-state index contributed by atoms with van der Waals surface area (Å²) in [6.45, 7) is 5.34. The molecule has 0 saturated heterocycles. The largest absolute Gasteiger partial charge is 0.481 e. The second-order valence-corrected chi connectivity index (χ2v) is 12.2. The summed E-state index contributed by atoms with van der Waals surface area (Å²) in [7, 11) is -2.18. The number of nitrogens with zero attached hydrogens (tertiary/aromatic N) is 1. The molecule has 1 aliphatic rings. The zero-order valence-electron chi connectivity index (χ0n) is 21.6. The quantitative estimate of drug-likeness (QED) is 0.315. The molecule has 1 aromatic carbocycles. The van der Waals surface area contributed by atoms with Crippen LogP contribution in [0.15, 0.2) is 34.7 Å². The van der Waals surface area contributed by atoms with E-state index < -0.39 is 21.4 Å². The summed E-state index contributed by atoms with van der Waals surface area (Å²) >= 11 is 0. The van der Waals surface area contributed by atoms with Crippen molar-refractivity contribution in [1.29, 1.82) is 0 Å². The molecular formula is C27H33N3O6S. The Bertz CT molecular complexity index is 1440. The van der Waals surface area contributed by atoms with Gasteiger partial charge in [-0.3, -0.25) is 9.59 Å². The topological polar surface area (TPSA) is 139 Å². The lowest BCUT2D eigenvalue weighted by atomic mass is 9.88. The number of aryl methyl sites for hydroxylation is 1. The van der Waals surface area contributed by atoms with Crippen LogP contribution in [0.2, 0.25) is 0 Å². The number of rotatable bonds is 11. The zero-order valence-corrected chi connectivity index (χ0v) is 22.4. The van der Waals surface area contributed by atoms with Gasteiger partial charge in [-0.25, -0.2) is 18.1 Å². The number of carboxylic acid groups (broad SMARTS) is 1. The van der Waals surface area contributed by atoms with Crippen LogP contribution < -0.4 is 10.0 Å². The highest BCUT2D eigenvalue weighted by molar-refractivity contribution is 7.88. The second kappa shape index (κ2) is 10.3. The molecule has 10 heteroatoms. The van der Waals surface area contributed by atoms with E-state index in [0.29, 0.717) is 35.2 Å². The number of carboxylic acids is 1. The predicted molar refractivity (Wildman–Crippen MR) is 141 cm³/mol. The highest BCUT2D eigenvalue weighted by Crippen LogP contribution is 2.44. The minimum atomic E-state index is -3.73. The van der Waals surface area contributed by atoms with Gasteiger partial charge in [0.15, 0.2) is 0 Å². The van der Waals surface area contributed by atoms with Crippen LogP contribution in [-0.2, 0) is 20.6 Å². The van der Waals surface area contributed by atoms with E-state index in [4.69, 9.17) is 4.42 Å². The average Bonchev–Trinajstić information content (AvgIpc) is 3.61. The van der Waals surface area contributed by atoms with E-state index in [-0.39, 0.29) is 29.8 Å². The highest BCUT2D eigenvalue weighted by atomic mass is 32.2. The average molecular weight is 528 g/mol. The SMILES string of the molecule is CNC(=O)c1c(-c2ccc(C)cc2)oc2nc(CS(=O)(=O)NCCCC(C)(C)C(=O)O)c(C3CC3)cc12. The molecule has 1 fully saturated rings. The summed E-state index contributed by atoms with van der Waals surface area (Å²) in [5, 5.41) is 12.5. The van der Waals surface area contributed by atoms with Gasteiger partial charge in [0.2, 0.25) is 15.7 Å². The normalized spacial score (nSPS) is 14.2. The maximum absolute atomic E-state index is 12.9. The molecule has 2 aromatic heterocycles. The van der Waals surface area contributed by atoms with Gasteiger partial charge in [-0.15, -0.1) is 0 Å². The van der Waals surface area contributed by atoms with Crippen molar-refractivity contribution in [3.05, 3.63) is 52.7 Å². The number of aliphatic carboxylic acids is 1. The molecule has 2 heterocycles. The molecule has 3 N–H and O–H groups in total. The van der Waals surface area contributed by atoms with Gasteiger partial charge in [0.1, 0.15) is 11.5 Å². The number of hydrogen-bond donors (Lipinski definition) is 3.